The van der Waals surface area contributed by atoms with Crippen LogP contribution >= 0.6 is 0 Å². The first-order valence-electron chi connectivity index (χ1n) is 10.6. The first kappa shape index (κ1) is 23.2. The molecule has 0 aliphatic heterocycles. The van der Waals surface area contributed by atoms with Gasteiger partial charge in [0.1, 0.15) is 5.75 Å². The molecule has 1 aromatic carbocycles. The zero-order valence-electron chi connectivity index (χ0n) is 18.6. The number of hydrogen-bond acceptors (Lipinski definition) is 9. The van der Waals surface area contributed by atoms with Gasteiger partial charge in [0.15, 0.2) is 34.7 Å². The van der Waals surface area contributed by atoms with Crippen LogP contribution in [0.25, 0.3) is 0 Å². The lowest BCUT2D eigenvalue weighted by atomic mass is 9.49. The summed E-state index contributed by atoms with van der Waals surface area (Å²) in [6, 6.07) is 1.66. The quantitative estimate of drug-likeness (QED) is 0.393. The number of ketones is 4. The molecule has 1 aromatic rings. The number of aliphatic hydroxyl groups is 2. The fourth-order valence-electron chi connectivity index (χ4n) is 6.17. The van der Waals surface area contributed by atoms with Crippen molar-refractivity contribution >= 4 is 29.0 Å². The molecule has 3 aliphatic rings. The van der Waals surface area contributed by atoms with E-state index in [4.69, 9.17) is 5.73 Å². The molecule has 0 bridgehead atoms. The zero-order chi connectivity index (χ0) is 24.7. The number of Topliss-reactive ketones (excluding diaryl/α,β-unsaturated/α-hetero) is 4. The summed E-state index contributed by atoms with van der Waals surface area (Å²) in [5, 5.41) is 33.4. The highest BCUT2D eigenvalue weighted by atomic mass is 16.3. The van der Waals surface area contributed by atoms with Gasteiger partial charge in [0, 0.05) is 5.92 Å². The standard InChI is InChI=1S/C23H26N2O8/c1-7-5-9-8(2)11-13(17(27)12(9)10(26)6-7)20(30)23(33)15(18(11)28)16(25(3)4)19(29)14(21(23)31)22(24)32/h5-6,8,11,13-16,18,26,28,33H,1-4H3,(H2,24,32)/t8-,11+,13?,14?,15+,16-,18-,23-/m0/s1. The number of aliphatic hydroxyl groups excluding tert-OH is 1. The van der Waals surface area contributed by atoms with Crippen molar-refractivity contribution in [3.8, 4) is 5.75 Å². The lowest BCUT2D eigenvalue weighted by Crippen LogP contribution is -2.77. The van der Waals surface area contributed by atoms with Gasteiger partial charge in [-0.3, -0.25) is 28.9 Å². The number of nitrogens with two attached hydrogens (primary N) is 1. The number of primary amides is 1. The zero-order valence-corrected chi connectivity index (χ0v) is 18.6. The number of amides is 1. The van der Waals surface area contributed by atoms with E-state index in [1.54, 1.807) is 19.9 Å². The molecular weight excluding hydrogens is 432 g/mol. The third-order valence-electron chi connectivity index (χ3n) is 7.57. The molecule has 2 fully saturated rings. The maximum atomic E-state index is 13.7. The van der Waals surface area contributed by atoms with Crippen LogP contribution in [0.2, 0.25) is 0 Å². The maximum Gasteiger partial charge on any atom is 0.235 e. The van der Waals surface area contributed by atoms with Gasteiger partial charge in [-0.1, -0.05) is 13.0 Å². The molecule has 0 heterocycles. The number of benzene rings is 1. The van der Waals surface area contributed by atoms with E-state index in [2.05, 4.69) is 0 Å². The molecule has 5 N–H and O–H groups in total. The fraction of sp³-hybridized carbons (Fsp3) is 0.522. The molecule has 4 rings (SSSR count). The van der Waals surface area contributed by atoms with Crippen molar-refractivity contribution in [2.45, 2.75) is 37.5 Å². The Morgan fingerprint density at radius 1 is 1.12 bits per heavy atom. The Hall–Kier alpha value is -2.95. The number of nitrogens with zero attached hydrogens (tertiary/aromatic N) is 1. The summed E-state index contributed by atoms with van der Waals surface area (Å²) in [4.78, 5) is 66.7. The van der Waals surface area contributed by atoms with E-state index in [1.807, 2.05) is 0 Å². The van der Waals surface area contributed by atoms with Crippen molar-refractivity contribution < 1.29 is 39.3 Å². The SMILES string of the molecule is Cc1cc(O)c2c(c1)[C@H](C)[C@@H]1C(C2=O)C(=O)[C@]2(O)C(=O)C(C(N)=O)C(=O)[C@@H](N(C)C)[C@@H]2[C@H]1O. The second kappa shape index (κ2) is 7.28. The minimum atomic E-state index is -2.98. The lowest BCUT2D eigenvalue weighted by Gasteiger charge is -2.56. The Bertz CT molecular complexity index is 1130. The Balaban J connectivity index is 1.97. The Labute approximate surface area is 189 Å². The number of likely N-dealkylation sites (N-methyl/N-ethyl adjacent to an activating group) is 1. The average molecular weight is 458 g/mol. The number of hydrogen-bond donors (Lipinski definition) is 4. The molecule has 2 saturated carbocycles. The summed E-state index contributed by atoms with van der Waals surface area (Å²) >= 11 is 0. The van der Waals surface area contributed by atoms with Gasteiger partial charge >= 0.3 is 0 Å². The Kier molecular flexibility index (Phi) is 5.12. The smallest absolute Gasteiger partial charge is 0.235 e. The second-order valence-corrected chi connectivity index (χ2v) is 9.61. The number of carbonyl (C=O) groups is 5. The average Bonchev–Trinajstić information content (AvgIpc) is 2.70. The number of aromatic hydroxyl groups is 1. The van der Waals surface area contributed by atoms with Gasteiger partial charge in [0.25, 0.3) is 0 Å². The van der Waals surface area contributed by atoms with E-state index in [0.29, 0.717) is 11.1 Å². The van der Waals surface area contributed by atoms with Gasteiger partial charge in [-0.05, 0) is 44.1 Å². The van der Waals surface area contributed by atoms with Crippen LogP contribution in [0.15, 0.2) is 12.1 Å². The van der Waals surface area contributed by atoms with Crippen LogP contribution < -0.4 is 5.73 Å². The van der Waals surface area contributed by atoms with Gasteiger partial charge in [-0.2, -0.15) is 0 Å². The van der Waals surface area contributed by atoms with Crippen LogP contribution in [0.3, 0.4) is 0 Å². The summed E-state index contributed by atoms with van der Waals surface area (Å²) < 4.78 is 0. The van der Waals surface area contributed by atoms with Gasteiger partial charge in [-0.15, -0.1) is 0 Å². The molecule has 1 amide bonds. The van der Waals surface area contributed by atoms with Crippen molar-refractivity contribution in [1.29, 1.82) is 0 Å². The largest absolute Gasteiger partial charge is 0.507 e. The Morgan fingerprint density at radius 2 is 1.73 bits per heavy atom. The Morgan fingerprint density at radius 3 is 2.27 bits per heavy atom. The third-order valence-corrected chi connectivity index (χ3v) is 7.57. The predicted molar refractivity (Wildman–Crippen MR) is 112 cm³/mol. The minimum absolute atomic E-state index is 0.105. The number of fused-ring (bicyclic) bond motifs is 3. The molecule has 10 heteroatoms. The third kappa shape index (κ3) is 2.81. The van der Waals surface area contributed by atoms with E-state index in [9.17, 15) is 39.3 Å². The maximum absolute atomic E-state index is 13.7. The lowest BCUT2D eigenvalue weighted by molar-refractivity contribution is -0.196. The molecule has 176 valence electrons. The van der Waals surface area contributed by atoms with E-state index in [1.165, 1.54) is 25.1 Å². The van der Waals surface area contributed by atoms with Crippen LogP contribution in [0.4, 0.5) is 0 Å². The first-order valence-corrected chi connectivity index (χ1v) is 10.6. The van der Waals surface area contributed by atoms with Crippen LogP contribution in [0.5, 0.6) is 5.75 Å². The molecule has 0 spiro atoms. The molecule has 3 aliphatic carbocycles. The van der Waals surface area contributed by atoms with Crippen LogP contribution in [-0.4, -0.2) is 81.1 Å². The van der Waals surface area contributed by atoms with Crippen LogP contribution in [0, 0.1) is 30.6 Å². The molecule has 0 radical (unpaired) electrons. The monoisotopic (exact) mass is 458 g/mol. The van der Waals surface area contributed by atoms with Gasteiger partial charge < -0.3 is 21.1 Å². The highest BCUT2D eigenvalue weighted by molar-refractivity contribution is 6.32. The van der Waals surface area contributed by atoms with E-state index < -0.39 is 76.4 Å². The van der Waals surface area contributed by atoms with Crippen LogP contribution in [0.1, 0.15) is 34.3 Å². The van der Waals surface area contributed by atoms with Crippen molar-refractivity contribution in [2.24, 2.45) is 29.4 Å². The van der Waals surface area contributed by atoms with Crippen molar-refractivity contribution in [3.05, 3.63) is 28.8 Å². The predicted octanol–water partition coefficient (Wildman–Crippen LogP) is -1.29. The second-order valence-electron chi connectivity index (χ2n) is 9.61. The first-order chi connectivity index (χ1) is 15.3. The summed E-state index contributed by atoms with van der Waals surface area (Å²) in [5.41, 5.74) is 3.28. The number of carbonyl (C=O) groups excluding carboxylic acids is 5. The minimum Gasteiger partial charge on any atom is -0.507 e. The number of aryl methyl sites for hydroxylation is 1. The molecule has 10 nitrogen and oxygen atoms in total. The summed E-state index contributed by atoms with van der Waals surface area (Å²) in [6.07, 6.45) is -1.62. The van der Waals surface area contributed by atoms with E-state index >= 15 is 0 Å². The molecular formula is C23H26N2O8. The van der Waals surface area contributed by atoms with E-state index in [-0.39, 0.29) is 11.3 Å². The summed E-state index contributed by atoms with van der Waals surface area (Å²) in [6.45, 7) is 3.39. The molecule has 8 atom stereocenters. The van der Waals surface area contributed by atoms with Gasteiger partial charge in [0.2, 0.25) is 5.91 Å². The number of phenols is 1. The number of rotatable bonds is 2. The highest BCUT2D eigenvalue weighted by Gasteiger charge is 2.72. The molecule has 0 aromatic heterocycles. The van der Waals surface area contributed by atoms with Gasteiger partial charge in [-0.25, -0.2) is 0 Å². The molecule has 2 unspecified atom stereocenters. The summed E-state index contributed by atoms with van der Waals surface area (Å²) in [7, 11) is 2.90. The summed E-state index contributed by atoms with van der Waals surface area (Å²) in [5.74, 6) is -13.1. The number of phenolic OH excluding ortho intramolecular Hbond substituents is 1. The van der Waals surface area contributed by atoms with Crippen LogP contribution in [-0.2, 0) is 19.2 Å². The van der Waals surface area contributed by atoms with Crippen molar-refractivity contribution in [1.82, 2.24) is 4.90 Å². The highest BCUT2D eigenvalue weighted by Crippen LogP contribution is 2.54. The van der Waals surface area contributed by atoms with E-state index in [0.717, 1.165) is 0 Å². The topological polar surface area (TPSA) is 175 Å². The fourth-order valence-corrected chi connectivity index (χ4v) is 6.17. The molecule has 0 saturated heterocycles. The van der Waals surface area contributed by atoms with Crippen molar-refractivity contribution in [2.75, 3.05) is 14.1 Å². The normalized spacial score (nSPS) is 38.1. The van der Waals surface area contributed by atoms with Crippen molar-refractivity contribution in [3.63, 3.8) is 0 Å². The van der Waals surface area contributed by atoms with Gasteiger partial charge in [0.05, 0.1) is 29.5 Å². The molecule has 33 heavy (non-hydrogen) atoms.